The summed E-state index contributed by atoms with van der Waals surface area (Å²) in [4.78, 5) is 13.5. The first-order chi connectivity index (χ1) is 16.4. The maximum absolute atomic E-state index is 13.3. The molecule has 172 valence electrons. The number of nitrogens with zero attached hydrogens (tertiary/aromatic N) is 7. The molecular formula is C24H22BrFN8. The molecule has 1 aromatic carbocycles. The fourth-order valence-corrected chi connectivity index (χ4v) is 4.68. The van der Waals surface area contributed by atoms with E-state index < -0.39 is 5.54 Å². The van der Waals surface area contributed by atoms with Crippen LogP contribution < -0.4 is 15.5 Å². The predicted octanol–water partition coefficient (Wildman–Crippen LogP) is 3.45. The van der Waals surface area contributed by atoms with Gasteiger partial charge in [-0.3, -0.25) is 0 Å². The molecule has 1 aliphatic rings. The van der Waals surface area contributed by atoms with E-state index >= 15 is 0 Å². The molecule has 5 rings (SSSR count). The number of piperazine rings is 1. The summed E-state index contributed by atoms with van der Waals surface area (Å²) in [5, 5.41) is 14.0. The van der Waals surface area contributed by atoms with E-state index in [1.165, 1.54) is 12.1 Å². The Morgan fingerprint density at radius 2 is 1.68 bits per heavy atom. The first-order valence-corrected chi connectivity index (χ1v) is 11.6. The summed E-state index contributed by atoms with van der Waals surface area (Å²) >= 11 is 3.49. The number of benzene rings is 1. The van der Waals surface area contributed by atoms with Crippen molar-refractivity contribution in [1.82, 2.24) is 19.6 Å². The second-order valence-corrected chi connectivity index (χ2v) is 9.38. The Morgan fingerprint density at radius 1 is 1.03 bits per heavy atom. The Balaban J connectivity index is 1.33. The van der Waals surface area contributed by atoms with Crippen molar-refractivity contribution in [2.75, 3.05) is 36.0 Å². The number of anilines is 2. The summed E-state index contributed by atoms with van der Waals surface area (Å²) in [5.74, 6) is 0.327. The van der Waals surface area contributed by atoms with Crippen LogP contribution in [0.25, 0.3) is 5.52 Å². The molecule has 34 heavy (non-hydrogen) atoms. The second kappa shape index (κ2) is 8.66. The SMILES string of the molecule is CC(N)(c1ccc(F)cc1)c1cnc(N2CCN(c3c(C#N)cnn4cc(Br)cc34)CC2)nc1. The van der Waals surface area contributed by atoms with Crippen LogP contribution in [0.4, 0.5) is 16.0 Å². The lowest BCUT2D eigenvalue weighted by atomic mass is 9.87. The van der Waals surface area contributed by atoms with Crippen LogP contribution in [0.5, 0.6) is 0 Å². The number of nitrogens with two attached hydrogens (primary N) is 1. The molecule has 0 saturated carbocycles. The van der Waals surface area contributed by atoms with Crippen molar-refractivity contribution in [1.29, 1.82) is 5.26 Å². The molecule has 1 saturated heterocycles. The highest BCUT2D eigenvalue weighted by molar-refractivity contribution is 9.10. The number of fused-ring (bicyclic) bond motifs is 1. The van der Waals surface area contributed by atoms with Gasteiger partial charge in [-0.2, -0.15) is 10.4 Å². The average Bonchev–Trinajstić information content (AvgIpc) is 3.24. The second-order valence-electron chi connectivity index (χ2n) is 8.46. The van der Waals surface area contributed by atoms with E-state index in [1.54, 1.807) is 35.2 Å². The average molecular weight is 521 g/mol. The molecule has 0 amide bonds. The Bertz CT molecular complexity index is 1370. The van der Waals surface area contributed by atoms with Gasteiger partial charge in [0.05, 0.1) is 28.5 Å². The zero-order valence-electron chi connectivity index (χ0n) is 18.5. The zero-order valence-corrected chi connectivity index (χ0v) is 20.1. The Kier molecular flexibility index (Phi) is 5.67. The minimum absolute atomic E-state index is 0.302. The van der Waals surface area contributed by atoms with E-state index in [0.717, 1.165) is 26.8 Å². The van der Waals surface area contributed by atoms with Gasteiger partial charge in [-0.25, -0.2) is 18.9 Å². The molecular weight excluding hydrogens is 499 g/mol. The molecule has 8 nitrogen and oxygen atoms in total. The fraction of sp³-hybridized carbons (Fsp3) is 0.250. The highest BCUT2D eigenvalue weighted by Crippen LogP contribution is 2.30. The molecule has 4 aromatic rings. The van der Waals surface area contributed by atoms with Crippen LogP contribution in [0.1, 0.15) is 23.6 Å². The van der Waals surface area contributed by atoms with Crippen LogP contribution >= 0.6 is 15.9 Å². The third-order valence-electron chi connectivity index (χ3n) is 6.26. The third-order valence-corrected chi connectivity index (χ3v) is 6.69. The van der Waals surface area contributed by atoms with Crippen LogP contribution in [-0.2, 0) is 5.54 Å². The molecule has 4 heterocycles. The number of halogens is 2. The van der Waals surface area contributed by atoms with Crippen LogP contribution in [0.3, 0.4) is 0 Å². The predicted molar refractivity (Wildman–Crippen MR) is 131 cm³/mol. The van der Waals surface area contributed by atoms with Gasteiger partial charge in [0.1, 0.15) is 11.9 Å². The third kappa shape index (κ3) is 3.97. The highest BCUT2D eigenvalue weighted by Gasteiger charge is 2.27. The lowest BCUT2D eigenvalue weighted by Gasteiger charge is -2.36. The van der Waals surface area contributed by atoms with E-state index in [4.69, 9.17) is 5.73 Å². The van der Waals surface area contributed by atoms with Gasteiger partial charge in [-0.05, 0) is 46.6 Å². The summed E-state index contributed by atoms with van der Waals surface area (Å²) in [7, 11) is 0. The fourth-order valence-electron chi connectivity index (χ4n) is 4.27. The number of hydrogen-bond donors (Lipinski definition) is 1. The van der Waals surface area contributed by atoms with Crippen LogP contribution in [0.15, 0.2) is 59.6 Å². The van der Waals surface area contributed by atoms with Crippen molar-refractivity contribution < 1.29 is 4.39 Å². The molecule has 0 spiro atoms. The summed E-state index contributed by atoms with van der Waals surface area (Å²) in [6.45, 7) is 4.70. The summed E-state index contributed by atoms with van der Waals surface area (Å²) in [6.07, 6.45) is 6.95. The van der Waals surface area contributed by atoms with Gasteiger partial charge in [0, 0.05) is 54.8 Å². The molecule has 2 N–H and O–H groups in total. The van der Waals surface area contributed by atoms with Gasteiger partial charge in [-0.1, -0.05) is 12.1 Å². The quantitative estimate of drug-likeness (QED) is 0.439. The van der Waals surface area contributed by atoms with E-state index in [-0.39, 0.29) is 5.82 Å². The normalized spacial score (nSPS) is 15.9. The lowest BCUT2D eigenvalue weighted by molar-refractivity contribution is 0.585. The first-order valence-electron chi connectivity index (χ1n) is 10.8. The van der Waals surface area contributed by atoms with Crippen molar-refractivity contribution in [3.63, 3.8) is 0 Å². The van der Waals surface area contributed by atoms with E-state index in [2.05, 4.69) is 46.9 Å². The van der Waals surface area contributed by atoms with Crippen molar-refractivity contribution in [2.45, 2.75) is 12.5 Å². The first kappa shape index (κ1) is 22.3. The van der Waals surface area contributed by atoms with Gasteiger partial charge >= 0.3 is 0 Å². The lowest BCUT2D eigenvalue weighted by Crippen LogP contribution is -2.47. The number of hydrogen-bond acceptors (Lipinski definition) is 7. The molecule has 1 atom stereocenters. The van der Waals surface area contributed by atoms with Crippen molar-refractivity contribution >= 4 is 33.1 Å². The smallest absolute Gasteiger partial charge is 0.225 e. The maximum atomic E-state index is 13.3. The van der Waals surface area contributed by atoms with Gasteiger partial charge in [0.25, 0.3) is 0 Å². The maximum Gasteiger partial charge on any atom is 0.225 e. The van der Waals surface area contributed by atoms with Crippen molar-refractivity contribution in [3.05, 3.63) is 82.1 Å². The monoisotopic (exact) mass is 520 g/mol. The number of aromatic nitrogens is 4. The molecule has 1 fully saturated rings. The highest BCUT2D eigenvalue weighted by atomic mass is 79.9. The number of nitriles is 1. The summed E-state index contributed by atoms with van der Waals surface area (Å²) in [5.41, 5.74) is 9.56. The summed E-state index contributed by atoms with van der Waals surface area (Å²) in [6, 6.07) is 10.4. The minimum Gasteiger partial charge on any atom is -0.365 e. The van der Waals surface area contributed by atoms with E-state index in [9.17, 15) is 9.65 Å². The molecule has 0 radical (unpaired) electrons. The molecule has 1 unspecified atom stereocenters. The standard InChI is InChI=1S/C24H22BrFN8/c1-24(28,17-2-4-20(26)5-3-17)18-13-29-23(30-14-18)33-8-6-32(7-9-33)22-16(11-27)12-31-34-15-19(25)10-21(22)34/h2-5,10,12-15H,6-9,28H2,1H3. The van der Waals surface area contributed by atoms with E-state index in [0.29, 0.717) is 37.7 Å². The Labute approximate surface area is 204 Å². The van der Waals surface area contributed by atoms with Gasteiger partial charge in [-0.15, -0.1) is 0 Å². The molecule has 0 aliphatic carbocycles. The van der Waals surface area contributed by atoms with Crippen LogP contribution in [0, 0.1) is 17.1 Å². The molecule has 10 heteroatoms. The van der Waals surface area contributed by atoms with E-state index in [1.807, 2.05) is 19.2 Å². The van der Waals surface area contributed by atoms with Crippen LogP contribution in [0.2, 0.25) is 0 Å². The summed E-state index contributed by atoms with van der Waals surface area (Å²) < 4.78 is 16.0. The minimum atomic E-state index is -0.836. The molecule has 3 aromatic heterocycles. The van der Waals surface area contributed by atoms with Gasteiger partial charge in [0.15, 0.2) is 0 Å². The Morgan fingerprint density at radius 3 is 2.32 bits per heavy atom. The largest absolute Gasteiger partial charge is 0.365 e. The molecule has 0 bridgehead atoms. The zero-order chi connectivity index (χ0) is 23.9. The van der Waals surface area contributed by atoms with Gasteiger partial charge in [0.2, 0.25) is 5.95 Å². The van der Waals surface area contributed by atoms with Crippen molar-refractivity contribution in [2.24, 2.45) is 5.73 Å². The topological polar surface area (TPSA) is 99.4 Å². The Hall–Kier alpha value is -3.55. The molecule has 1 aliphatic heterocycles. The van der Waals surface area contributed by atoms with Crippen LogP contribution in [-0.4, -0.2) is 45.8 Å². The van der Waals surface area contributed by atoms with Gasteiger partial charge < -0.3 is 15.5 Å². The number of rotatable bonds is 4. The van der Waals surface area contributed by atoms with Crippen molar-refractivity contribution in [3.8, 4) is 6.07 Å².